The van der Waals surface area contributed by atoms with E-state index in [1.807, 2.05) is 24.1 Å². The summed E-state index contributed by atoms with van der Waals surface area (Å²) < 4.78 is 0. The van der Waals surface area contributed by atoms with Crippen LogP contribution >= 0.6 is 23.2 Å². The van der Waals surface area contributed by atoms with Crippen LogP contribution < -0.4 is 20.8 Å². The molecule has 0 radical (unpaired) electrons. The van der Waals surface area contributed by atoms with Crippen molar-refractivity contribution in [2.24, 2.45) is 0 Å². The topological polar surface area (TPSA) is 117 Å². The maximum Gasteiger partial charge on any atom is 0.241 e. The van der Waals surface area contributed by atoms with Crippen LogP contribution in [0.2, 0.25) is 10.0 Å². The van der Waals surface area contributed by atoms with Gasteiger partial charge in [-0.3, -0.25) is 20.1 Å². The van der Waals surface area contributed by atoms with E-state index in [0.717, 1.165) is 6.54 Å². The fraction of sp³-hybridized carbons (Fsp3) is 0.261. The maximum atomic E-state index is 12.8. The number of rotatable bonds is 8. The third-order valence-corrected chi connectivity index (χ3v) is 6.03. The Bertz CT molecular complexity index is 1190. The van der Waals surface area contributed by atoms with Crippen LogP contribution in [-0.2, 0) is 4.79 Å². The number of carbonyl (C=O) groups is 1. The van der Waals surface area contributed by atoms with Gasteiger partial charge in [-0.15, -0.1) is 5.23 Å². The molecular formula is C23H25Cl2N7O3. The number of piperazine rings is 1. The smallest absolute Gasteiger partial charge is 0.241 e. The zero-order chi connectivity index (χ0) is 24.9. The van der Waals surface area contributed by atoms with Crippen molar-refractivity contribution >= 4 is 52.1 Å². The van der Waals surface area contributed by atoms with Crippen LogP contribution in [-0.4, -0.2) is 71.0 Å². The van der Waals surface area contributed by atoms with Crippen LogP contribution in [0.15, 0.2) is 48.7 Å². The van der Waals surface area contributed by atoms with Crippen LogP contribution in [0.1, 0.15) is 0 Å². The van der Waals surface area contributed by atoms with Crippen molar-refractivity contribution < 1.29 is 15.2 Å². The number of anilines is 4. The quantitative estimate of drug-likeness (QED) is 0.261. The second kappa shape index (κ2) is 11.1. The van der Waals surface area contributed by atoms with E-state index in [0.29, 0.717) is 64.8 Å². The molecule has 0 saturated carbocycles. The molecular weight excluding hydrogens is 493 g/mol. The predicted octanol–water partition coefficient (Wildman–Crippen LogP) is 3.84. The molecule has 35 heavy (non-hydrogen) atoms. The van der Waals surface area contributed by atoms with Crippen molar-refractivity contribution in [3.05, 3.63) is 58.7 Å². The molecule has 0 bridgehead atoms. The summed E-state index contributed by atoms with van der Waals surface area (Å²) in [7, 11) is 1.92. The van der Waals surface area contributed by atoms with Gasteiger partial charge in [0.1, 0.15) is 17.3 Å². The Morgan fingerprint density at radius 2 is 1.77 bits per heavy atom. The molecule has 4 rings (SSSR count). The Morgan fingerprint density at radius 3 is 2.43 bits per heavy atom. The third kappa shape index (κ3) is 6.11. The van der Waals surface area contributed by atoms with Crippen LogP contribution in [0.4, 0.5) is 23.0 Å². The van der Waals surface area contributed by atoms with Gasteiger partial charge in [0.2, 0.25) is 5.91 Å². The number of aromatic nitrogens is 2. The van der Waals surface area contributed by atoms with E-state index in [-0.39, 0.29) is 16.8 Å². The lowest BCUT2D eigenvalue weighted by Gasteiger charge is -2.33. The second-order valence-corrected chi connectivity index (χ2v) is 8.86. The summed E-state index contributed by atoms with van der Waals surface area (Å²) in [5, 5.41) is 25.4. The Kier molecular flexibility index (Phi) is 7.89. The molecule has 0 unspecified atom stereocenters. The molecule has 1 aromatic carbocycles. The van der Waals surface area contributed by atoms with Crippen molar-refractivity contribution in [2.75, 3.05) is 60.5 Å². The number of amides is 1. The van der Waals surface area contributed by atoms with E-state index >= 15 is 0 Å². The van der Waals surface area contributed by atoms with Gasteiger partial charge in [-0.25, -0.2) is 9.97 Å². The molecule has 3 heterocycles. The number of nitrogens with zero attached hydrogens (tertiary/aromatic N) is 5. The zero-order valence-electron chi connectivity index (χ0n) is 18.9. The summed E-state index contributed by atoms with van der Waals surface area (Å²) in [6.07, 6.45) is 1.33. The minimum absolute atomic E-state index is 0.000769. The van der Waals surface area contributed by atoms with Crippen molar-refractivity contribution in [3.8, 4) is 11.3 Å². The average molecular weight is 518 g/mol. The fourth-order valence-electron chi connectivity index (χ4n) is 3.68. The molecule has 3 aromatic rings. The molecule has 184 valence electrons. The number of hydrogen-bond donors (Lipinski definition) is 4. The first-order valence-corrected chi connectivity index (χ1v) is 11.6. The number of nitrogens with one attached hydrogen (secondary N) is 2. The highest BCUT2D eigenvalue weighted by atomic mass is 35.5. The highest BCUT2D eigenvalue weighted by Crippen LogP contribution is 2.36. The summed E-state index contributed by atoms with van der Waals surface area (Å²) in [4.78, 5) is 25.4. The first kappa shape index (κ1) is 25.0. The van der Waals surface area contributed by atoms with Crippen molar-refractivity contribution in [3.63, 3.8) is 0 Å². The van der Waals surface area contributed by atoms with Gasteiger partial charge in [-0.2, -0.15) is 0 Å². The van der Waals surface area contributed by atoms with Gasteiger partial charge in [0.25, 0.3) is 0 Å². The van der Waals surface area contributed by atoms with E-state index in [2.05, 4.69) is 15.6 Å². The Labute approximate surface area is 212 Å². The Morgan fingerprint density at radius 1 is 1.03 bits per heavy atom. The first-order chi connectivity index (χ1) is 16.8. The molecule has 1 fully saturated rings. The Hall–Kier alpha value is -3.15. The highest BCUT2D eigenvalue weighted by Gasteiger charge is 2.26. The van der Waals surface area contributed by atoms with Crippen molar-refractivity contribution in [1.29, 1.82) is 0 Å². The SMILES string of the molecule is CN1CCN(c2ccc(NCCNc3ccc(N(O)O)cn3)nc2-c2ccc(Cl)cc2Cl)C(=O)C1. The standard InChI is InChI=1S/C23H25Cl2N7O3/c1-30-10-11-31(22(33)14-30)19-5-7-21(29-23(19)17-4-2-15(24)12-18(17)25)27-9-8-26-20-6-3-16(13-28-20)32(34)35/h2-7,12-13,34-35H,8-11,14H2,1H3,(H,26,28)(H,27,29). The molecule has 1 amide bonds. The van der Waals surface area contributed by atoms with Gasteiger partial charge in [-0.1, -0.05) is 23.2 Å². The summed E-state index contributed by atoms with van der Waals surface area (Å²) >= 11 is 12.6. The maximum absolute atomic E-state index is 12.8. The number of hydrogen-bond acceptors (Lipinski definition) is 9. The van der Waals surface area contributed by atoms with E-state index in [1.165, 1.54) is 12.3 Å². The summed E-state index contributed by atoms with van der Waals surface area (Å²) in [6, 6.07) is 12.1. The monoisotopic (exact) mass is 517 g/mol. The largest absolute Gasteiger partial charge is 0.368 e. The minimum atomic E-state index is 0.000769. The van der Waals surface area contributed by atoms with Crippen molar-refractivity contribution in [2.45, 2.75) is 0 Å². The van der Waals surface area contributed by atoms with Crippen LogP contribution in [0.5, 0.6) is 0 Å². The van der Waals surface area contributed by atoms with Crippen LogP contribution in [0, 0.1) is 0 Å². The van der Waals surface area contributed by atoms with E-state index in [4.69, 9.17) is 38.6 Å². The third-order valence-electron chi connectivity index (χ3n) is 5.48. The molecule has 10 nitrogen and oxygen atoms in total. The lowest BCUT2D eigenvalue weighted by atomic mass is 10.1. The molecule has 1 aliphatic rings. The second-order valence-electron chi connectivity index (χ2n) is 8.02. The lowest BCUT2D eigenvalue weighted by Crippen LogP contribution is -2.49. The van der Waals surface area contributed by atoms with Gasteiger partial charge in [0.05, 0.1) is 29.1 Å². The summed E-state index contributed by atoms with van der Waals surface area (Å²) in [5.74, 6) is 1.21. The molecule has 12 heteroatoms. The first-order valence-electron chi connectivity index (χ1n) is 10.9. The molecule has 0 aliphatic carbocycles. The number of benzene rings is 1. The Balaban J connectivity index is 1.51. The van der Waals surface area contributed by atoms with Gasteiger partial charge in [0.15, 0.2) is 0 Å². The molecule has 1 aliphatic heterocycles. The number of carbonyl (C=O) groups excluding carboxylic acids is 1. The molecule has 1 saturated heterocycles. The van der Waals surface area contributed by atoms with E-state index in [9.17, 15) is 4.79 Å². The number of halogens is 2. The number of likely N-dealkylation sites (N-methyl/N-ethyl adjacent to an activating group) is 1. The van der Waals surface area contributed by atoms with E-state index < -0.39 is 0 Å². The fourth-order valence-corrected chi connectivity index (χ4v) is 4.18. The van der Waals surface area contributed by atoms with Crippen LogP contribution in [0.25, 0.3) is 11.3 Å². The van der Waals surface area contributed by atoms with Gasteiger partial charge in [0, 0.05) is 36.8 Å². The molecule has 0 spiro atoms. The molecule has 0 atom stereocenters. The molecule has 4 N–H and O–H groups in total. The lowest BCUT2D eigenvalue weighted by molar-refractivity contribution is -0.120. The summed E-state index contributed by atoms with van der Waals surface area (Å²) in [6.45, 7) is 2.72. The minimum Gasteiger partial charge on any atom is -0.368 e. The normalized spacial score (nSPS) is 14.2. The average Bonchev–Trinajstić information content (AvgIpc) is 2.82. The zero-order valence-corrected chi connectivity index (χ0v) is 20.5. The van der Waals surface area contributed by atoms with Gasteiger partial charge >= 0.3 is 0 Å². The van der Waals surface area contributed by atoms with Crippen molar-refractivity contribution in [1.82, 2.24) is 14.9 Å². The van der Waals surface area contributed by atoms with Gasteiger partial charge < -0.3 is 15.5 Å². The summed E-state index contributed by atoms with van der Waals surface area (Å²) in [5.41, 5.74) is 2.13. The molecule has 2 aromatic heterocycles. The highest BCUT2D eigenvalue weighted by molar-refractivity contribution is 6.36. The van der Waals surface area contributed by atoms with E-state index in [1.54, 1.807) is 29.2 Å². The predicted molar refractivity (Wildman–Crippen MR) is 137 cm³/mol. The van der Waals surface area contributed by atoms with Crippen LogP contribution in [0.3, 0.4) is 0 Å². The number of pyridine rings is 2. The van der Waals surface area contributed by atoms with Gasteiger partial charge in [-0.05, 0) is 49.5 Å².